The predicted octanol–water partition coefficient (Wildman–Crippen LogP) is 3.19. The molecular formula is C18H21N3OS. The largest absolute Gasteiger partial charge is 0.383 e. The van der Waals surface area contributed by atoms with E-state index in [-0.39, 0.29) is 6.04 Å². The maximum absolute atomic E-state index is 5.15. The molecule has 2 N–H and O–H groups in total. The molecule has 2 aromatic carbocycles. The van der Waals surface area contributed by atoms with Gasteiger partial charge >= 0.3 is 0 Å². The van der Waals surface area contributed by atoms with Crippen LogP contribution in [-0.4, -0.2) is 31.1 Å². The maximum atomic E-state index is 5.15. The molecule has 2 rings (SSSR count). The van der Waals surface area contributed by atoms with Crippen molar-refractivity contribution in [3.8, 4) is 11.1 Å². The maximum Gasteiger partial charge on any atom is 0.187 e. The molecule has 2 aromatic rings. The highest BCUT2D eigenvalue weighted by Gasteiger charge is 2.01. The van der Waals surface area contributed by atoms with Gasteiger partial charge in [0.2, 0.25) is 0 Å². The highest BCUT2D eigenvalue weighted by molar-refractivity contribution is 7.80. The summed E-state index contributed by atoms with van der Waals surface area (Å²) in [6, 6.07) is 18.6. The van der Waals surface area contributed by atoms with Gasteiger partial charge in [0.1, 0.15) is 0 Å². The van der Waals surface area contributed by atoms with Gasteiger partial charge in [0.15, 0.2) is 5.11 Å². The van der Waals surface area contributed by atoms with Crippen molar-refractivity contribution in [1.29, 1.82) is 0 Å². The van der Waals surface area contributed by atoms with E-state index in [1.807, 2.05) is 37.3 Å². The molecule has 0 aliphatic carbocycles. The number of hydrogen-bond donors (Lipinski definition) is 2. The van der Waals surface area contributed by atoms with Gasteiger partial charge in [0, 0.05) is 13.2 Å². The fourth-order valence-electron chi connectivity index (χ4n) is 2.11. The van der Waals surface area contributed by atoms with Gasteiger partial charge in [-0.3, -0.25) is 5.43 Å². The lowest BCUT2D eigenvalue weighted by molar-refractivity contribution is 0.179. The number of hydrazone groups is 1. The fraction of sp³-hybridized carbons (Fsp3) is 0.222. The zero-order valence-corrected chi connectivity index (χ0v) is 14.1. The summed E-state index contributed by atoms with van der Waals surface area (Å²) in [7, 11) is 1.66. The Labute approximate surface area is 142 Å². The summed E-state index contributed by atoms with van der Waals surface area (Å²) in [5.74, 6) is 0. The third kappa shape index (κ3) is 5.81. The Hall–Kier alpha value is -2.24. The number of benzene rings is 2. The van der Waals surface area contributed by atoms with Crippen LogP contribution >= 0.6 is 12.2 Å². The van der Waals surface area contributed by atoms with E-state index >= 15 is 0 Å². The molecule has 5 heteroatoms. The molecule has 0 unspecified atom stereocenters. The van der Waals surface area contributed by atoms with Gasteiger partial charge in [0.05, 0.1) is 12.8 Å². The first-order valence-electron chi connectivity index (χ1n) is 7.43. The summed E-state index contributed by atoms with van der Waals surface area (Å²) in [6.07, 6.45) is 1.74. The van der Waals surface area contributed by atoms with Crippen LogP contribution in [0.2, 0.25) is 0 Å². The van der Waals surface area contributed by atoms with Gasteiger partial charge in [-0.25, -0.2) is 0 Å². The summed E-state index contributed by atoms with van der Waals surface area (Å²) in [5.41, 5.74) is 6.19. The lowest BCUT2D eigenvalue weighted by atomic mass is 10.0. The number of hydrogen-bond acceptors (Lipinski definition) is 3. The minimum Gasteiger partial charge on any atom is -0.383 e. The van der Waals surface area contributed by atoms with Gasteiger partial charge in [0.25, 0.3) is 0 Å². The second-order valence-corrected chi connectivity index (χ2v) is 5.60. The average Bonchev–Trinajstić information content (AvgIpc) is 2.56. The lowest BCUT2D eigenvalue weighted by Crippen LogP contribution is -2.40. The van der Waals surface area contributed by atoms with E-state index in [0.29, 0.717) is 11.7 Å². The predicted molar refractivity (Wildman–Crippen MR) is 99.7 cm³/mol. The summed E-state index contributed by atoms with van der Waals surface area (Å²) < 4.78 is 5.04. The first-order chi connectivity index (χ1) is 11.2. The van der Waals surface area contributed by atoms with Crippen LogP contribution in [0, 0.1) is 0 Å². The Bertz CT molecular complexity index is 641. The molecule has 4 nitrogen and oxygen atoms in total. The van der Waals surface area contributed by atoms with Crippen molar-refractivity contribution in [3.63, 3.8) is 0 Å². The second-order valence-electron chi connectivity index (χ2n) is 5.19. The summed E-state index contributed by atoms with van der Waals surface area (Å²) >= 11 is 5.15. The topological polar surface area (TPSA) is 45.6 Å². The second kappa shape index (κ2) is 9.02. The van der Waals surface area contributed by atoms with Crippen LogP contribution in [0.15, 0.2) is 59.7 Å². The number of methoxy groups -OCH3 is 1. The SMILES string of the molecule is COC[C@H](C)NC(=S)N/N=C\c1ccc(-c2ccccc2)cc1. The first kappa shape index (κ1) is 17.1. The molecule has 0 saturated heterocycles. The Kier molecular flexibility index (Phi) is 6.72. The molecule has 0 aliphatic heterocycles. The van der Waals surface area contributed by atoms with Crippen LogP contribution in [0.4, 0.5) is 0 Å². The molecular weight excluding hydrogens is 306 g/mol. The van der Waals surface area contributed by atoms with E-state index in [2.05, 4.69) is 40.1 Å². The zero-order chi connectivity index (χ0) is 16.5. The number of nitrogens with one attached hydrogen (secondary N) is 2. The number of ether oxygens (including phenoxy) is 1. The molecule has 120 valence electrons. The van der Waals surface area contributed by atoms with Crippen LogP contribution in [0.1, 0.15) is 12.5 Å². The van der Waals surface area contributed by atoms with E-state index in [0.717, 1.165) is 5.56 Å². The quantitative estimate of drug-likeness (QED) is 0.486. The molecule has 1 atom stereocenters. The molecule has 0 amide bonds. The third-order valence-electron chi connectivity index (χ3n) is 3.19. The van der Waals surface area contributed by atoms with Crippen LogP contribution in [-0.2, 0) is 4.74 Å². The van der Waals surface area contributed by atoms with Crippen molar-refractivity contribution >= 4 is 23.5 Å². The minimum atomic E-state index is 0.139. The van der Waals surface area contributed by atoms with Crippen molar-refractivity contribution in [2.24, 2.45) is 5.10 Å². The van der Waals surface area contributed by atoms with Gasteiger partial charge in [-0.05, 0) is 35.8 Å². The standard InChI is InChI=1S/C18H21N3OS/c1-14(13-22-2)20-18(23)21-19-12-15-8-10-17(11-9-15)16-6-4-3-5-7-16/h3-12,14H,13H2,1-2H3,(H2,20,21,23)/b19-12-/t14-/m0/s1. The normalized spacial score (nSPS) is 12.1. The molecule has 0 spiro atoms. The molecule has 0 heterocycles. The van der Waals surface area contributed by atoms with Crippen molar-refractivity contribution < 1.29 is 4.74 Å². The Balaban J connectivity index is 1.87. The fourth-order valence-corrected chi connectivity index (χ4v) is 2.36. The van der Waals surface area contributed by atoms with E-state index in [4.69, 9.17) is 17.0 Å². The van der Waals surface area contributed by atoms with Crippen LogP contribution in [0.3, 0.4) is 0 Å². The Morgan fingerprint density at radius 1 is 1.13 bits per heavy atom. The number of nitrogens with zero attached hydrogens (tertiary/aromatic N) is 1. The van der Waals surface area contributed by atoms with Crippen molar-refractivity contribution in [2.75, 3.05) is 13.7 Å². The average molecular weight is 327 g/mol. The zero-order valence-electron chi connectivity index (χ0n) is 13.3. The smallest absolute Gasteiger partial charge is 0.187 e. The highest BCUT2D eigenvalue weighted by atomic mass is 32.1. The van der Waals surface area contributed by atoms with E-state index in [1.165, 1.54) is 11.1 Å². The van der Waals surface area contributed by atoms with Gasteiger partial charge in [-0.1, -0.05) is 54.6 Å². The number of thiocarbonyl (C=S) groups is 1. The minimum absolute atomic E-state index is 0.139. The van der Waals surface area contributed by atoms with Gasteiger partial charge < -0.3 is 10.1 Å². The Morgan fingerprint density at radius 3 is 2.43 bits per heavy atom. The first-order valence-corrected chi connectivity index (χ1v) is 7.84. The van der Waals surface area contributed by atoms with Crippen LogP contribution in [0.25, 0.3) is 11.1 Å². The summed E-state index contributed by atoms with van der Waals surface area (Å²) in [6.45, 7) is 2.58. The van der Waals surface area contributed by atoms with Crippen LogP contribution in [0.5, 0.6) is 0 Å². The number of rotatable bonds is 6. The lowest BCUT2D eigenvalue weighted by Gasteiger charge is -2.13. The molecule has 0 radical (unpaired) electrons. The summed E-state index contributed by atoms with van der Waals surface area (Å²) in [5, 5.41) is 7.70. The monoisotopic (exact) mass is 327 g/mol. The molecule has 0 aromatic heterocycles. The highest BCUT2D eigenvalue weighted by Crippen LogP contribution is 2.18. The van der Waals surface area contributed by atoms with Crippen molar-refractivity contribution in [3.05, 3.63) is 60.2 Å². The van der Waals surface area contributed by atoms with Gasteiger partial charge in [-0.2, -0.15) is 5.10 Å². The summed E-state index contributed by atoms with van der Waals surface area (Å²) in [4.78, 5) is 0. The van der Waals surface area contributed by atoms with Crippen LogP contribution < -0.4 is 10.7 Å². The molecule has 0 saturated carbocycles. The molecule has 0 bridgehead atoms. The molecule has 23 heavy (non-hydrogen) atoms. The molecule has 0 fully saturated rings. The van der Waals surface area contributed by atoms with E-state index in [1.54, 1.807) is 13.3 Å². The van der Waals surface area contributed by atoms with Crippen molar-refractivity contribution in [2.45, 2.75) is 13.0 Å². The van der Waals surface area contributed by atoms with E-state index < -0.39 is 0 Å². The van der Waals surface area contributed by atoms with Crippen molar-refractivity contribution in [1.82, 2.24) is 10.7 Å². The van der Waals surface area contributed by atoms with E-state index in [9.17, 15) is 0 Å². The Morgan fingerprint density at radius 2 is 1.78 bits per heavy atom. The van der Waals surface area contributed by atoms with Gasteiger partial charge in [-0.15, -0.1) is 0 Å². The molecule has 0 aliphatic rings. The third-order valence-corrected chi connectivity index (χ3v) is 3.40.